The molecule has 0 amide bonds. The number of hydrogen-bond donors (Lipinski definition) is 0. The van der Waals surface area contributed by atoms with Crippen molar-refractivity contribution in [3.8, 4) is 0 Å². The van der Waals surface area contributed by atoms with Crippen molar-refractivity contribution in [1.29, 1.82) is 0 Å². The van der Waals surface area contributed by atoms with E-state index in [1.165, 1.54) is 7.11 Å². The molecule has 0 radical (unpaired) electrons. The molecule has 0 fully saturated rings. The molecular weight excluding hydrogens is 332 g/mol. The smallest absolute Gasteiger partial charge is 0.305 e. The number of rotatable bonds is 16. The molecule has 0 aliphatic rings. The van der Waals surface area contributed by atoms with E-state index in [1.807, 2.05) is 0 Å². The Bertz CT molecular complexity index is 504. The minimum absolute atomic E-state index is 0.113. The minimum Gasteiger partial charge on any atom is -0.469 e. The van der Waals surface area contributed by atoms with E-state index in [4.69, 9.17) is 0 Å². The second kappa shape index (κ2) is 22.0. The van der Waals surface area contributed by atoms with Crippen molar-refractivity contribution in [3.05, 3.63) is 72.9 Å². The lowest BCUT2D eigenvalue weighted by Gasteiger charge is -1.96. The topological polar surface area (TPSA) is 26.3 Å². The van der Waals surface area contributed by atoms with Crippen LogP contribution in [0.25, 0.3) is 0 Å². The van der Waals surface area contributed by atoms with Crippen LogP contribution in [0.3, 0.4) is 0 Å². The van der Waals surface area contributed by atoms with E-state index < -0.39 is 0 Å². The van der Waals surface area contributed by atoms with Crippen molar-refractivity contribution in [1.82, 2.24) is 0 Å². The summed E-state index contributed by atoms with van der Waals surface area (Å²) in [5.74, 6) is -0.113. The molecule has 0 aromatic carbocycles. The predicted octanol–water partition coefficient (Wildman–Crippen LogP) is 7.42. The molecule has 0 heterocycles. The zero-order chi connectivity index (χ0) is 19.8. The zero-order valence-corrected chi connectivity index (χ0v) is 17.3. The Labute approximate surface area is 167 Å². The average Bonchev–Trinajstić information content (AvgIpc) is 2.68. The Hall–Kier alpha value is -2.09. The second-order valence-corrected chi connectivity index (χ2v) is 6.24. The van der Waals surface area contributed by atoms with Gasteiger partial charge in [0.1, 0.15) is 0 Å². The molecule has 2 heteroatoms. The van der Waals surface area contributed by atoms with E-state index in [-0.39, 0.29) is 5.97 Å². The first-order valence-corrected chi connectivity index (χ1v) is 10.3. The fraction of sp³-hybridized carbons (Fsp3) is 0.480. The van der Waals surface area contributed by atoms with Crippen LogP contribution in [0, 0.1) is 0 Å². The van der Waals surface area contributed by atoms with Crippen molar-refractivity contribution in [2.24, 2.45) is 0 Å². The number of hydrogen-bond acceptors (Lipinski definition) is 2. The molecule has 0 aliphatic carbocycles. The third kappa shape index (κ3) is 21.9. The molecule has 0 aliphatic heterocycles. The maximum absolute atomic E-state index is 10.9. The van der Waals surface area contributed by atoms with E-state index in [1.54, 1.807) is 0 Å². The van der Waals surface area contributed by atoms with Crippen LogP contribution in [0.15, 0.2) is 72.9 Å². The van der Waals surface area contributed by atoms with Gasteiger partial charge in [-0.05, 0) is 57.8 Å². The lowest BCUT2D eigenvalue weighted by atomic mass is 10.2. The summed E-state index contributed by atoms with van der Waals surface area (Å²) < 4.78 is 4.61. The summed E-state index contributed by atoms with van der Waals surface area (Å²) in [4.78, 5) is 10.9. The molecule has 0 aromatic heterocycles. The molecule has 0 unspecified atom stereocenters. The van der Waals surface area contributed by atoms with Crippen LogP contribution >= 0.6 is 0 Å². The highest BCUT2D eigenvalue weighted by atomic mass is 16.5. The van der Waals surface area contributed by atoms with E-state index in [0.29, 0.717) is 6.42 Å². The number of unbranched alkanes of at least 4 members (excludes halogenated alkanes) is 2. The van der Waals surface area contributed by atoms with Crippen molar-refractivity contribution < 1.29 is 9.53 Å². The number of methoxy groups -OCH3 is 1. The second-order valence-electron chi connectivity index (χ2n) is 6.24. The molecule has 2 nitrogen and oxygen atoms in total. The Balaban J connectivity index is 3.49. The monoisotopic (exact) mass is 370 g/mol. The van der Waals surface area contributed by atoms with Gasteiger partial charge in [0, 0.05) is 6.42 Å². The summed E-state index contributed by atoms with van der Waals surface area (Å²) in [6, 6.07) is 0. The number of carbonyl (C=O) groups is 1. The van der Waals surface area contributed by atoms with Crippen molar-refractivity contribution in [3.63, 3.8) is 0 Å². The van der Waals surface area contributed by atoms with Gasteiger partial charge in [0.2, 0.25) is 0 Å². The van der Waals surface area contributed by atoms with Crippen LogP contribution in [0.4, 0.5) is 0 Å². The molecule has 0 rings (SSSR count). The van der Waals surface area contributed by atoms with Crippen molar-refractivity contribution >= 4 is 5.97 Å². The molecule has 0 atom stereocenters. The summed E-state index contributed by atoms with van der Waals surface area (Å²) in [6.45, 7) is 2.16. The molecule has 0 N–H and O–H groups in total. The largest absolute Gasteiger partial charge is 0.469 e. The summed E-state index contributed by atoms with van der Waals surface area (Å²) in [5, 5.41) is 0. The number of esters is 1. The summed E-state index contributed by atoms with van der Waals surface area (Å²) in [7, 11) is 1.44. The average molecular weight is 371 g/mol. The molecular formula is C25H38O2. The van der Waals surface area contributed by atoms with Gasteiger partial charge in [0.15, 0.2) is 0 Å². The van der Waals surface area contributed by atoms with Gasteiger partial charge >= 0.3 is 5.97 Å². The zero-order valence-electron chi connectivity index (χ0n) is 17.3. The standard InChI is InChI=1S/C25H38O2/c1-3-4-5-6-7-8-9-10-11-12-13-14-15-16-17-18-19-20-21-22-23-24-25(26)27-2/h4-5,7-8,10-11,13-14,16-17,19-20H,3,6,9,12,15,18,21-24H2,1-2H3/b5-4-,8-7-,11-10-,14-13-,17-16-,20-19-. The van der Waals surface area contributed by atoms with Gasteiger partial charge in [-0.15, -0.1) is 0 Å². The van der Waals surface area contributed by atoms with Gasteiger partial charge in [-0.25, -0.2) is 0 Å². The number of ether oxygens (including phenoxy) is 1. The molecule has 0 aromatic rings. The lowest BCUT2D eigenvalue weighted by molar-refractivity contribution is -0.140. The van der Waals surface area contributed by atoms with E-state index in [0.717, 1.165) is 57.8 Å². The maximum Gasteiger partial charge on any atom is 0.305 e. The Morgan fingerprint density at radius 2 is 1.04 bits per heavy atom. The number of allylic oxidation sites excluding steroid dienone is 12. The first-order valence-electron chi connectivity index (χ1n) is 10.3. The SMILES string of the molecule is CC/C=C\C/C=C\C/C=C\C/C=C\C/C=C\C/C=C\CCCCC(=O)OC. The van der Waals surface area contributed by atoms with E-state index in [9.17, 15) is 4.79 Å². The van der Waals surface area contributed by atoms with Crippen LogP contribution in [0.5, 0.6) is 0 Å². The molecule has 27 heavy (non-hydrogen) atoms. The van der Waals surface area contributed by atoms with Gasteiger partial charge in [-0.1, -0.05) is 79.8 Å². The van der Waals surface area contributed by atoms with Crippen LogP contribution in [-0.2, 0) is 9.53 Å². The first kappa shape index (κ1) is 24.9. The summed E-state index contributed by atoms with van der Waals surface area (Å²) >= 11 is 0. The highest BCUT2D eigenvalue weighted by Crippen LogP contribution is 2.02. The van der Waals surface area contributed by atoms with Gasteiger partial charge < -0.3 is 4.74 Å². The van der Waals surface area contributed by atoms with E-state index in [2.05, 4.69) is 84.6 Å². The van der Waals surface area contributed by atoms with Crippen LogP contribution in [0.2, 0.25) is 0 Å². The molecule has 0 bridgehead atoms. The molecule has 150 valence electrons. The predicted molar refractivity (Wildman–Crippen MR) is 119 cm³/mol. The van der Waals surface area contributed by atoms with Gasteiger partial charge in [-0.2, -0.15) is 0 Å². The van der Waals surface area contributed by atoms with Crippen molar-refractivity contribution in [2.45, 2.75) is 71.1 Å². The quantitative estimate of drug-likeness (QED) is 0.160. The third-order valence-electron chi connectivity index (χ3n) is 3.83. The van der Waals surface area contributed by atoms with Gasteiger partial charge in [0.05, 0.1) is 7.11 Å². The first-order chi connectivity index (χ1) is 13.3. The van der Waals surface area contributed by atoms with Gasteiger partial charge in [-0.3, -0.25) is 4.79 Å². The molecule has 0 saturated carbocycles. The fourth-order valence-corrected chi connectivity index (χ4v) is 2.27. The highest BCUT2D eigenvalue weighted by molar-refractivity contribution is 5.68. The lowest BCUT2D eigenvalue weighted by Crippen LogP contribution is -1.98. The summed E-state index contributed by atoms with van der Waals surface area (Å²) in [5.41, 5.74) is 0. The number of carbonyl (C=O) groups excluding carboxylic acids is 1. The Morgan fingerprint density at radius 3 is 1.44 bits per heavy atom. The van der Waals surface area contributed by atoms with Gasteiger partial charge in [0.25, 0.3) is 0 Å². The third-order valence-corrected chi connectivity index (χ3v) is 3.83. The van der Waals surface area contributed by atoms with Crippen LogP contribution < -0.4 is 0 Å². The summed E-state index contributed by atoms with van der Waals surface area (Å²) in [6.07, 6.45) is 36.1. The normalized spacial score (nSPS) is 12.8. The highest BCUT2D eigenvalue weighted by Gasteiger charge is 1.97. The fourth-order valence-electron chi connectivity index (χ4n) is 2.27. The molecule has 0 saturated heterocycles. The minimum atomic E-state index is -0.113. The van der Waals surface area contributed by atoms with E-state index >= 15 is 0 Å². The van der Waals surface area contributed by atoms with Crippen molar-refractivity contribution in [2.75, 3.05) is 7.11 Å². The Kier molecular flexibility index (Phi) is 20.3. The maximum atomic E-state index is 10.9. The molecule has 0 spiro atoms. The van der Waals surface area contributed by atoms with Crippen LogP contribution in [-0.4, -0.2) is 13.1 Å². The Morgan fingerprint density at radius 1 is 0.630 bits per heavy atom. The van der Waals surface area contributed by atoms with Crippen LogP contribution in [0.1, 0.15) is 71.1 Å².